The molecule has 0 aliphatic heterocycles. The number of ether oxygens (including phenoxy) is 3. The van der Waals surface area contributed by atoms with Crippen LogP contribution in [0.1, 0.15) is 80.2 Å². The zero-order chi connectivity index (χ0) is 34.9. The Kier molecular flexibility index (Phi) is 15.9. The molecule has 47 heavy (non-hydrogen) atoms. The quantitative estimate of drug-likeness (QED) is 0.0406. The van der Waals surface area contributed by atoms with Crippen LogP contribution < -0.4 is 20.7 Å². The molecule has 0 saturated heterocycles. The molecule has 0 fully saturated rings. The highest BCUT2D eigenvalue weighted by Gasteiger charge is 2.31. The first-order chi connectivity index (χ1) is 22.5. The smallest absolute Gasteiger partial charge is 0.328 e. The molecule has 0 aliphatic carbocycles. The van der Waals surface area contributed by atoms with E-state index in [-0.39, 0.29) is 42.5 Å². The van der Waals surface area contributed by atoms with Crippen molar-refractivity contribution in [3.63, 3.8) is 0 Å². The summed E-state index contributed by atoms with van der Waals surface area (Å²) in [6, 6.07) is 5.52. The average Bonchev–Trinajstić information content (AvgIpc) is 3.57. The fourth-order valence-corrected chi connectivity index (χ4v) is 4.85. The second kappa shape index (κ2) is 19.6. The molecule has 4 amide bonds. The number of unbranched alkanes of at least 4 members (excludes halogenated alkanes) is 2. The van der Waals surface area contributed by atoms with Crippen molar-refractivity contribution in [1.29, 1.82) is 0 Å². The Morgan fingerprint density at radius 1 is 0.979 bits per heavy atom. The summed E-state index contributed by atoms with van der Waals surface area (Å²) in [6.45, 7) is 5.49. The summed E-state index contributed by atoms with van der Waals surface area (Å²) in [5, 5.41) is 18.2. The van der Waals surface area contributed by atoms with E-state index in [0.29, 0.717) is 23.5 Å². The van der Waals surface area contributed by atoms with E-state index in [0.717, 1.165) is 33.5 Å². The van der Waals surface area contributed by atoms with E-state index in [1.165, 1.54) is 18.2 Å². The van der Waals surface area contributed by atoms with Crippen molar-refractivity contribution in [3.8, 4) is 17.1 Å². The van der Waals surface area contributed by atoms with Crippen molar-refractivity contribution in [3.05, 3.63) is 41.7 Å². The molecule has 3 unspecified atom stereocenters. The predicted molar refractivity (Wildman–Crippen MR) is 167 cm³/mol. The number of hydrogen-bond acceptors (Lipinski definition) is 11. The van der Waals surface area contributed by atoms with E-state index in [1.807, 2.05) is 6.92 Å². The Hall–Kier alpha value is -4.92. The molecule has 0 bridgehead atoms. The number of nitrogens with one attached hydrogen (secondary N) is 3. The van der Waals surface area contributed by atoms with Crippen LogP contribution in [0.4, 0.5) is 0 Å². The summed E-state index contributed by atoms with van der Waals surface area (Å²) < 4.78 is 20.7. The van der Waals surface area contributed by atoms with Crippen LogP contribution in [-0.2, 0) is 28.7 Å². The Labute approximate surface area is 273 Å². The molecule has 0 aliphatic rings. The molecule has 0 radical (unpaired) electrons. The fraction of sp³-hybridized carbons (Fsp3) is 0.500. The Morgan fingerprint density at radius 3 is 2.34 bits per heavy atom. The molecule has 0 spiro atoms. The third-order valence-electron chi connectivity index (χ3n) is 7.33. The van der Waals surface area contributed by atoms with Crippen molar-refractivity contribution in [2.75, 3.05) is 27.5 Å². The maximum atomic E-state index is 13.1. The van der Waals surface area contributed by atoms with Crippen LogP contribution in [0.2, 0.25) is 0 Å². The third-order valence-corrected chi connectivity index (χ3v) is 7.33. The summed E-state index contributed by atoms with van der Waals surface area (Å²) >= 11 is 0. The van der Waals surface area contributed by atoms with Crippen LogP contribution in [0, 0.1) is 5.92 Å². The summed E-state index contributed by atoms with van der Waals surface area (Å²) in [7, 11) is 2.28. The minimum atomic E-state index is -1.29. The molecule has 1 aromatic heterocycles. The van der Waals surface area contributed by atoms with Gasteiger partial charge in [0.25, 0.3) is 11.8 Å². The molecule has 15 nitrogen and oxygen atoms in total. The van der Waals surface area contributed by atoms with Gasteiger partial charge in [0.05, 0.1) is 51.4 Å². The van der Waals surface area contributed by atoms with E-state index in [1.54, 1.807) is 26.0 Å². The van der Waals surface area contributed by atoms with Gasteiger partial charge >= 0.3 is 11.9 Å². The molecule has 0 saturated carbocycles. The number of hydrogen-bond donors (Lipinski definition) is 4. The number of rotatable bonds is 20. The number of amides is 4. The van der Waals surface area contributed by atoms with Crippen LogP contribution in [0.5, 0.6) is 5.75 Å². The zero-order valence-corrected chi connectivity index (χ0v) is 27.3. The zero-order valence-electron chi connectivity index (χ0n) is 27.3. The largest absolute Gasteiger partial charge is 0.493 e. The summed E-state index contributed by atoms with van der Waals surface area (Å²) in [5.41, 5.74) is 0.547. The van der Waals surface area contributed by atoms with Gasteiger partial charge in [-0.05, 0) is 44.0 Å². The lowest BCUT2D eigenvalue weighted by atomic mass is 9.90. The van der Waals surface area contributed by atoms with Gasteiger partial charge in [0.15, 0.2) is 5.76 Å². The van der Waals surface area contributed by atoms with Crippen LogP contribution in [0.25, 0.3) is 11.3 Å². The van der Waals surface area contributed by atoms with Crippen LogP contribution in [0.15, 0.2) is 34.7 Å². The van der Waals surface area contributed by atoms with Gasteiger partial charge in [0, 0.05) is 5.56 Å². The third kappa shape index (κ3) is 11.1. The number of methoxy groups -OCH3 is 2. The summed E-state index contributed by atoms with van der Waals surface area (Å²) in [4.78, 5) is 73.8. The normalized spacial score (nSPS) is 12.6. The standard InChI is InChI=1S/C32H44N4O11/c1-6-9-10-11-21(24(7-2)36(43)19-37)29(39)33-18-34-31(41)26-15-14-25(47-26)20-12-13-22(27(16-20)46-8-3)30(40)35-23(32(42)45-5)17-28(38)44-4/h12-16,19,21,23-24,43H,6-11,17-18H2,1-5H3,(H,33,39)(H,34,41)(H,35,40). The number of benzene rings is 1. The van der Waals surface area contributed by atoms with Gasteiger partial charge < -0.3 is 34.6 Å². The maximum Gasteiger partial charge on any atom is 0.328 e. The van der Waals surface area contributed by atoms with E-state index in [2.05, 4.69) is 25.4 Å². The highest BCUT2D eigenvalue weighted by molar-refractivity contribution is 6.00. The molecule has 1 aromatic carbocycles. The highest BCUT2D eigenvalue weighted by Crippen LogP contribution is 2.29. The van der Waals surface area contributed by atoms with Gasteiger partial charge in [0.2, 0.25) is 12.3 Å². The molecular formula is C32H44N4O11. The molecule has 4 N–H and O–H groups in total. The molecular weight excluding hydrogens is 616 g/mol. The van der Waals surface area contributed by atoms with Gasteiger partial charge in [-0.2, -0.15) is 0 Å². The summed E-state index contributed by atoms with van der Waals surface area (Å²) in [5.74, 6) is -3.54. The topological polar surface area (TPSA) is 203 Å². The SMILES string of the molecule is CCCCCC(C(=O)NCNC(=O)c1ccc(-c2ccc(C(=O)NC(CC(=O)OC)C(=O)OC)c(OCC)c2)o1)C(CC)N(O)C=O. The predicted octanol–water partition coefficient (Wildman–Crippen LogP) is 2.81. The molecule has 2 rings (SSSR count). The van der Waals surface area contributed by atoms with Crippen molar-refractivity contribution >= 4 is 36.1 Å². The first-order valence-electron chi connectivity index (χ1n) is 15.4. The Morgan fingerprint density at radius 2 is 1.72 bits per heavy atom. The lowest BCUT2D eigenvalue weighted by molar-refractivity contribution is -0.168. The van der Waals surface area contributed by atoms with Crippen molar-refractivity contribution in [2.45, 2.75) is 71.4 Å². The van der Waals surface area contributed by atoms with E-state index in [4.69, 9.17) is 9.15 Å². The minimum Gasteiger partial charge on any atom is -0.493 e. The van der Waals surface area contributed by atoms with Crippen LogP contribution >= 0.6 is 0 Å². The number of nitrogens with zero attached hydrogens (tertiary/aromatic N) is 1. The van der Waals surface area contributed by atoms with Gasteiger partial charge in [-0.25, -0.2) is 9.86 Å². The molecule has 2 aromatic rings. The number of hydroxylamine groups is 2. The monoisotopic (exact) mass is 660 g/mol. The maximum absolute atomic E-state index is 13.1. The lowest BCUT2D eigenvalue weighted by Gasteiger charge is -2.29. The van der Waals surface area contributed by atoms with E-state index >= 15 is 0 Å². The second-order valence-electron chi connectivity index (χ2n) is 10.4. The number of carbonyl (C=O) groups is 6. The molecule has 258 valence electrons. The first kappa shape index (κ1) is 38.3. The average molecular weight is 661 g/mol. The number of esters is 2. The highest BCUT2D eigenvalue weighted by atomic mass is 16.5. The minimum absolute atomic E-state index is 0.0498. The molecule has 1 heterocycles. The molecule has 15 heteroatoms. The lowest BCUT2D eigenvalue weighted by Crippen LogP contribution is -2.47. The number of carbonyl (C=O) groups excluding carboxylic acids is 6. The number of furan rings is 1. The van der Waals surface area contributed by atoms with Crippen molar-refractivity contribution in [1.82, 2.24) is 21.0 Å². The Balaban J connectivity index is 2.13. The van der Waals surface area contributed by atoms with Gasteiger partial charge in [-0.3, -0.25) is 29.2 Å². The fourth-order valence-electron chi connectivity index (χ4n) is 4.85. The van der Waals surface area contributed by atoms with Crippen LogP contribution in [-0.4, -0.2) is 85.9 Å². The van der Waals surface area contributed by atoms with Gasteiger partial charge in [-0.15, -0.1) is 0 Å². The van der Waals surface area contributed by atoms with E-state index in [9.17, 15) is 34.0 Å². The van der Waals surface area contributed by atoms with Crippen molar-refractivity contribution < 1.29 is 52.6 Å². The van der Waals surface area contributed by atoms with Gasteiger partial charge in [-0.1, -0.05) is 39.2 Å². The first-order valence-corrected chi connectivity index (χ1v) is 15.4. The summed E-state index contributed by atoms with van der Waals surface area (Å²) in [6.07, 6.45) is 3.23. The van der Waals surface area contributed by atoms with Gasteiger partial charge in [0.1, 0.15) is 17.6 Å². The second-order valence-corrected chi connectivity index (χ2v) is 10.4. The molecule has 3 atom stereocenters. The van der Waals surface area contributed by atoms with Crippen LogP contribution in [0.3, 0.4) is 0 Å². The van der Waals surface area contributed by atoms with Crippen molar-refractivity contribution in [2.24, 2.45) is 5.92 Å². The van der Waals surface area contributed by atoms with E-state index < -0.39 is 54.1 Å². The Bertz CT molecular complexity index is 1380.